The summed E-state index contributed by atoms with van der Waals surface area (Å²) in [4.78, 5) is 2.17. The van der Waals surface area contributed by atoms with E-state index in [1.165, 1.54) is 12.1 Å². The largest absolute Gasteiger partial charge is 0.381 e. The van der Waals surface area contributed by atoms with Gasteiger partial charge in [0.05, 0.1) is 24.5 Å². The SMILES string of the molecule is N#Cc1cc(NCc2ccc(F)cc2)ccc1N1CCOCC1. The molecular formula is C18H18FN3O. The van der Waals surface area contributed by atoms with Crippen LogP contribution in [0, 0.1) is 17.1 Å². The average molecular weight is 311 g/mol. The first-order chi connectivity index (χ1) is 11.3. The molecule has 1 fully saturated rings. The van der Waals surface area contributed by atoms with E-state index in [1.807, 2.05) is 18.2 Å². The molecule has 0 saturated carbocycles. The molecule has 2 aromatic carbocycles. The Kier molecular flexibility index (Phi) is 4.74. The first-order valence-corrected chi connectivity index (χ1v) is 7.61. The van der Waals surface area contributed by atoms with Gasteiger partial charge in [0.15, 0.2) is 0 Å². The van der Waals surface area contributed by atoms with Crippen molar-refractivity contribution >= 4 is 11.4 Å². The highest BCUT2D eigenvalue weighted by Crippen LogP contribution is 2.25. The highest BCUT2D eigenvalue weighted by atomic mass is 19.1. The van der Waals surface area contributed by atoms with Crippen LogP contribution in [0.5, 0.6) is 0 Å². The molecule has 0 bridgehead atoms. The van der Waals surface area contributed by atoms with Crippen LogP contribution >= 0.6 is 0 Å². The normalized spacial score (nSPS) is 14.3. The Morgan fingerprint density at radius 2 is 1.87 bits per heavy atom. The van der Waals surface area contributed by atoms with Crippen LogP contribution in [-0.4, -0.2) is 26.3 Å². The number of halogens is 1. The molecule has 1 saturated heterocycles. The molecule has 23 heavy (non-hydrogen) atoms. The number of nitrogens with one attached hydrogen (secondary N) is 1. The Hall–Kier alpha value is -2.58. The van der Waals surface area contributed by atoms with Crippen molar-refractivity contribution in [3.63, 3.8) is 0 Å². The lowest BCUT2D eigenvalue weighted by molar-refractivity contribution is 0.122. The standard InChI is InChI=1S/C18H18FN3O/c19-16-3-1-14(2-4-16)13-21-17-5-6-18(15(11-17)12-20)22-7-9-23-10-8-22/h1-6,11,21H,7-10,13H2. The van der Waals surface area contributed by atoms with Gasteiger partial charge >= 0.3 is 0 Å². The van der Waals surface area contributed by atoms with Gasteiger partial charge in [-0.2, -0.15) is 5.26 Å². The molecule has 0 aromatic heterocycles. The molecule has 4 nitrogen and oxygen atoms in total. The molecular weight excluding hydrogens is 293 g/mol. The maximum absolute atomic E-state index is 12.9. The van der Waals surface area contributed by atoms with E-state index in [0.29, 0.717) is 25.3 Å². The fourth-order valence-electron chi connectivity index (χ4n) is 2.62. The minimum atomic E-state index is -0.240. The lowest BCUT2D eigenvalue weighted by Gasteiger charge is -2.29. The van der Waals surface area contributed by atoms with E-state index in [-0.39, 0.29) is 5.82 Å². The smallest absolute Gasteiger partial charge is 0.123 e. The van der Waals surface area contributed by atoms with Crippen molar-refractivity contribution < 1.29 is 9.13 Å². The Labute approximate surface area is 135 Å². The molecule has 0 amide bonds. The molecule has 1 aliphatic rings. The molecule has 0 spiro atoms. The van der Waals surface area contributed by atoms with E-state index in [9.17, 15) is 9.65 Å². The Bertz CT molecular complexity index is 703. The average Bonchev–Trinajstić information content (AvgIpc) is 2.62. The second kappa shape index (κ2) is 7.12. The topological polar surface area (TPSA) is 48.3 Å². The van der Waals surface area contributed by atoms with Crippen LogP contribution in [0.4, 0.5) is 15.8 Å². The van der Waals surface area contributed by atoms with Gasteiger partial charge in [0.1, 0.15) is 11.9 Å². The third kappa shape index (κ3) is 3.79. The van der Waals surface area contributed by atoms with Crippen molar-refractivity contribution in [2.75, 3.05) is 36.5 Å². The summed E-state index contributed by atoms with van der Waals surface area (Å²) in [7, 11) is 0. The lowest BCUT2D eigenvalue weighted by Crippen LogP contribution is -2.36. The fraction of sp³-hybridized carbons (Fsp3) is 0.278. The highest BCUT2D eigenvalue weighted by molar-refractivity contribution is 5.65. The number of ether oxygens (including phenoxy) is 1. The second-order valence-corrected chi connectivity index (χ2v) is 5.42. The molecule has 5 heteroatoms. The van der Waals surface area contributed by atoms with Crippen molar-refractivity contribution in [2.45, 2.75) is 6.54 Å². The van der Waals surface area contributed by atoms with E-state index in [4.69, 9.17) is 4.74 Å². The first-order valence-electron chi connectivity index (χ1n) is 7.61. The zero-order valence-electron chi connectivity index (χ0n) is 12.8. The predicted octanol–water partition coefficient (Wildman–Crippen LogP) is 3.15. The summed E-state index contributed by atoms with van der Waals surface area (Å²) in [5, 5.41) is 12.7. The molecule has 0 atom stereocenters. The molecule has 1 heterocycles. The molecule has 0 unspecified atom stereocenters. The minimum Gasteiger partial charge on any atom is -0.381 e. The zero-order chi connectivity index (χ0) is 16.1. The van der Waals surface area contributed by atoms with Crippen LogP contribution in [0.15, 0.2) is 42.5 Å². The molecule has 1 N–H and O–H groups in total. The van der Waals surface area contributed by atoms with Crippen LogP contribution in [0.2, 0.25) is 0 Å². The summed E-state index contributed by atoms with van der Waals surface area (Å²) in [5.41, 5.74) is 3.46. The number of hydrogen-bond acceptors (Lipinski definition) is 4. The highest BCUT2D eigenvalue weighted by Gasteiger charge is 2.15. The van der Waals surface area contributed by atoms with E-state index >= 15 is 0 Å². The number of benzene rings is 2. The third-order valence-corrected chi connectivity index (χ3v) is 3.88. The number of rotatable bonds is 4. The van der Waals surface area contributed by atoms with Crippen molar-refractivity contribution in [2.24, 2.45) is 0 Å². The maximum atomic E-state index is 12.9. The van der Waals surface area contributed by atoms with Crippen LogP contribution in [0.1, 0.15) is 11.1 Å². The molecule has 0 aliphatic carbocycles. The van der Waals surface area contributed by atoms with Gasteiger partial charge in [-0.25, -0.2) is 4.39 Å². The summed E-state index contributed by atoms with van der Waals surface area (Å²) in [6.45, 7) is 3.57. The van der Waals surface area contributed by atoms with Gasteiger partial charge in [0.2, 0.25) is 0 Å². The molecule has 118 valence electrons. The van der Waals surface area contributed by atoms with Crippen molar-refractivity contribution in [1.82, 2.24) is 0 Å². The Morgan fingerprint density at radius 3 is 2.57 bits per heavy atom. The second-order valence-electron chi connectivity index (χ2n) is 5.42. The monoisotopic (exact) mass is 311 g/mol. The van der Waals surface area contributed by atoms with Crippen LogP contribution in [0.3, 0.4) is 0 Å². The van der Waals surface area contributed by atoms with Crippen molar-refractivity contribution in [3.05, 3.63) is 59.4 Å². The summed E-state index contributed by atoms with van der Waals surface area (Å²) in [6.07, 6.45) is 0. The molecule has 2 aromatic rings. The number of nitriles is 1. The fourth-order valence-corrected chi connectivity index (χ4v) is 2.62. The summed E-state index contributed by atoms with van der Waals surface area (Å²) < 4.78 is 18.3. The van der Waals surface area contributed by atoms with Crippen molar-refractivity contribution in [1.29, 1.82) is 5.26 Å². The molecule has 0 radical (unpaired) electrons. The summed E-state index contributed by atoms with van der Waals surface area (Å²) in [6, 6.07) is 14.4. The number of hydrogen-bond donors (Lipinski definition) is 1. The third-order valence-electron chi connectivity index (χ3n) is 3.88. The summed E-state index contributed by atoms with van der Waals surface area (Å²) >= 11 is 0. The van der Waals surface area contributed by atoms with Gasteiger partial charge in [0, 0.05) is 25.3 Å². The van der Waals surface area contributed by atoms with E-state index in [2.05, 4.69) is 16.3 Å². The first kappa shape index (κ1) is 15.3. The Balaban J connectivity index is 1.71. The molecule has 1 aliphatic heterocycles. The number of morpholine rings is 1. The van der Waals surface area contributed by atoms with E-state index in [0.717, 1.165) is 30.0 Å². The van der Waals surface area contributed by atoms with Crippen LogP contribution in [-0.2, 0) is 11.3 Å². The van der Waals surface area contributed by atoms with Gasteiger partial charge in [-0.3, -0.25) is 0 Å². The predicted molar refractivity (Wildman–Crippen MR) is 87.9 cm³/mol. The maximum Gasteiger partial charge on any atom is 0.123 e. The van der Waals surface area contributed by atoms with Gasteiger partial charge in [-0.1, -0.05) is 12.1 Å². The zero-order valence-corrected chi connectivity index (χ0v) is 12.8. The lowest BCUT2D eigenvalue weighted by atomic mass is 10.1. The van der Waals surface area contributed by atoms with E-state index < -0.39 is 0 Å². The minimum absolute atomic E-state index is 0.240. The quantitative estimate of drug-likeness (QED) is 0.942. The van der Waals surface area contributed by atoms with Crippen molar-refractivity contribution in [3.8, 4) is 6.07 Å². The summed E-state index contributed by atoms with van der Waals surface area (Å²) in [5.74, 6) is -0.240. The number of anilines is 2. The Morgan fingerprint density at radius 1 is 1.13 bits per heavy atom. The van der Waals surface area contributed by atoms with Gasteiger partial charge in [-0.15, -0.1) is 0 Å². The van der Waals surface area contributed by atoms with Gasteiger partial charge in [-0.05, 0) is 35.9 Å². The van der Waals surface area contributed by atoms with Gasteiger partial charge < -0.3 is 15.0 Å². The van der Waals surface area contributed by atoms with E-state index in [1.54, 1.807) is 12.1 Å². The van der Waals surface area contributed by atoms with Crippen LogP contribution in [0.25, 0.3) is 0 Å². The molecule has 3 rings (SSSR count). The number of nitrogens with zero attached hydrogens (tertiary/aromatic N) is 2. The van der Waals surface area contributed by atoms with Gasteiger partial charge in [0.25, 0.3) is 0 Å². The van der Waals surface area contributed by atoms with Crippen LogP contribution < -0.4 is 10.2 Å².